The van der Waals surface area contributed by atoms with Crippen molar-refractivity contribution in [1.29, 1.82) is 0 Å². The van der Waals surface area contributed by atoms with Crippen LogP contribution in [0.5, 0.6) is 0 Å². The number of aliphatic carboxylic acids is 1. The molecule has 0 spiro atoms. The summed E-state index contributed by atoms with van der Waals surface area (Å²) in [5.41, 5.74) is 0.557. The first-order valence-electron chi connectivity index (χ1n) is 6.37. The first-order chi connectivity index (χ1) is 9.20. The Morgan fingerprint density at radius 2 is 2.00 bits per heavy atom. The fraction of sp³-hybridized carbons (Fsp3) is 0.500. The number of rotatable bonds is 2. The van der Waals surface area contributed by atoms with Gasteiger partial charge in [0.2, 0.25) is 0 Å². The quantitative estimate of drug-likeness (QED) is 0.909. The molecule has 0 saturated heterocycles. The van der Waals surface area contributed by atoms with Crippen molar-refractivity contribution in [2.24, 2.45) is 0 Å². The van der Waals surface area contributed by atoms with Gasteiger partial charge in [0.25, 0.3) is 0 Å². The monoisotopic (exact) mass is 287 g/mol. The van der Waals surface area contributed by atoms with Crippen LogP contribution in [0.3, 0.4) is 0 Å². The van der Waals surface area contributed by atoms with Gasteiger partial charge in [-0.2, -0.15) is 13.2 Å². The summed E-state index contributed by atoms with van der Waals surface area (Å²) in [5.74, 6) is -0.941. The number of carbonyl (C=O) groups is 1. The van der Waals surface area contributed by atoms with Crippen LogP contribution in [-0.2, 0) is 23.9 Å². The van der Waals surface area contributed by atoms with E-state index in [-0.39, 0.29) is 19.0 Å². The van der Waals surface area contributed by atoms with E-state index in [1.165, 1.54) is 6.07 Å². The van der Waals surface area contributed by atoms with Crippen LogP contribution in [0.25, 0.3) is 0 Å². The van der Waals surface area contributed by atoms with Gasteiger partial charge in [-0.3, -0.25) is 9.69 Å². The number of carboxylic acid groups (broad SMARTS) is 1. The van der Waals surface area contributed by atoms with Gasteiger partial charge in [0.1, 0.15) is 6.04 Å². The average molecular weight is 287 g/mol. The molecular formula is C14H16F3NO2. The van der Waals surface area contributed by atoms with Gasteiger partial charge in [-0.1, -0.05) is 6.07 Å². The van der Waals surface area contributed by atoms with E-state index < -0.39 is 23.8 Å². The number of fused-ring (bicyclic) bond motifs is 1. The van der Waals surface area contributed by atoms with Gasteiger partial charge in [0, 0.05) is 12.6 Å². The molecule has 1 aromatic carbocycles. The lowest BCUT2D eigenvalue weighted by molar-refractivity contribution is -0.145. The van der Waals surface area contributed by atoms with E-state index in [9.17, 15) is 23.1 Å². The third-order valence-corrected chi connectivity index (χ3v) is 3.65. The first kappa shape index (κ1) is 14.8. The number of alkyl halides is 3. The van der Waals surface area contributed by atoms with Gasteiger partial charge >= 0.3 is 12.1 Å². The highest BCUT2D eigenvalue weighted by atomic mass is 19.4. The smallest absolute Gasteiger partial charge is 0.416 e. The van der Waals surface area contributed by atoms with E-state index >= 15 is 0 Å². The van der Waals surface area contributed by atoms with Crippen LogP contribution in [0, 0.1) is 0 Å². The highest BCUT2D eigenvalue weighted by Crippen LogP contribution is 2.33. The van der Waals surface area contributed by atoms with E-state index in [1.807, 2.05) is 13.8 Å². The molecule has 1 heterocycles. The van der Waals surface area contributed by atoms with Crippen molar-refractivity contribution in [2.75, 3.05) is 0 Å². The molecule has 0 fully saturated rings. The molecule has 0 amide bonds. The Morgan fingerprint density at radius 1 is 1.35 bits per heavy atom. The summed E-state index contributed by atoms with van der Waals surface area (Å²) < 4.78 is 38.1. The Balaban J connectivity index is 2.39. The standard InChI is InChI=1S/C14H16F3NO2/c1-8(2)18-7-10-5-11(14(15,16)17)4-3-9(10)6-12(18)13(19)20/h3-5,8,12H,6-7H2,1-2H3,(H,19,20)/t12-/m0/s1. The second-order valence-electron chi connectivity index (χ2n) is 5.31. The summed E-state index contributed by atoms with van der Waals surface area (Å²) in [4.78, 5) is 13.0. The van der Waals surface area contributed by atoms with Gasteiger partial charge in [-0.15, -0.1) is 0 Å². The highest BCUT2D eigenvalue weighted by molar-refractivity contribution is 5.74. The first-order valence-corrected chi connectivity index (χ1v) is 6.37. The zero-order chi connectivity index (χ0) is 15.1. The Morgan fingerprint density at radius 3 is 2.50 bits per heavy atom. The summed E-state index contributed by atoms with van der Waals surface area (Å²) in [5, 5.41) is 9.25. The third kappa shape index (κ3) is 2.80. The zero-order valence-corrected chi connectivity index (χ0v) is 11.2. The van der Waals surface area contributed by atoms with Crippen molar-refractivity contribution in [3.05, 3.63) is 34.9 Å². The number of hydrogen-bond acceptors (Lipinski definition) is 2. The Labute approximate surface area is 115 Å². The molecular weight excluding hydrogens is 271 g/mol. The lowest BCUT2D eigenvalue weighted by Crippen LogP contribution is -2.48. The van der Waals surface area contributed by atoms with Crippen molar-refractivity contribution in [3.8, 4) is 0 Å². The van der Waals surface area contributed by atoms with Crippen LogP contribution in [0.4, 0.5) is 13.2 Å². The Bertz CT molecular complexity index is 526. The van der Waals surface area contributed by atoms with Gasteiger partial charge in [-0.05, 0) is 43.5 Å². The number of carboxylic acids is 1. The minimum Gasteiger partial charge on any atom is -0.480 e. The Hall–Kier alpha value is -1.56. The lowest BCUT2D eigenvalue weighted by atomic mass is 9.91. The molecule has 1 aromatic rings. The molecule has 0 radical (unpaired) electrons. The second kappa shape index (κ2) is 5.09. The van der Waals surface area contributed by atoms with Crippen molar-refractivity contribution >= 4 is 5.97 Å². The van der Waals surface area contributed by atoms with E-state index in [0.717, 1.165) is 12.1 Å². The second-order valence-corrected chi connectivity index (χ2v) is 5.31. The lowest BCUT2D eigenvalue weighted by Gasteiger charge is -2.37. The molecule has 1 aliphatic rings. The summed E-state index contributed by atoms with van der Waals surface area (Å²) in [6.45, 7) is 3.91. The maximum Gasteiger partial charge on any atom is 0.416 e. The van der Waals surface area contributed by atoms with Gasteiger partial charge in [0.15, 0.2) is 0 Å². The normalized spacial score (nSPS) is 20.0. The van der Waals surface area contributed by atoms with Crippen LogP contribution >= 0.6 is 0 Å². The minimum atomic E-state index is -4.37. The van der Waals surface area contributed by atoms with Gasteiger partial charge in [0.05, 0.1) is 5.56 Å². The van der Waals surface area contributed by atoms with Crippen molar-refractivity contribution in [2.45, 2.75) is 45.1 Å². The summed E-state index contributed by atoms with van der Waals surface area (Å²) >= 11 is 0. The molecule has 0 aromatic heterocycles. The molecule has 110 valence electrons. The molecule has 2 rings (SSSR count). The van der Waals surface area contributed by atoms with Crippen molar-refractivity contribution in [1.82, 2.24) is 4.90 Å². The van der Waals surface area contributed by atoms with Crippen LogP contribution < -0.4 is 0 Å². The molecule has 0 saturated carbocycles. The fourth-order valence-electron chi connectivity index (χ4n) is 2.55. The van der Waals surface area contributed by atoms with E-state index in [2.05, 4.69) is 0 Å². The van der Waals surface area contributed by atoms with Crippen LogP contribution in [0.1, 0.15) is 30.5 Å². The average Bonchev–Trinajstić information content (AvgIpc) is 2.35. The van der Waals surface area contributed by atoms with E-state index in [1.54, 1.807) is 4.90 Å². The van der Waals surface area contributed by atoms with Crippen molar-refractivity contribution < 1.29 is 23.1 Å². The van der Waals surface area contributed by atoms with Crippen molar-refractivity contribution in [3.63, 3.8) is 0 Å². The SMILES string of the molecule is CC(C)N1Cc2cc(C(F)(F)F)ccc2C[C@H]1C(=O)O. The fourth-order valence-corrected chi connectivity index (χ4v) is 2.55. The largest absolute Gasteiger partial charge is 0.480 e. The maximum absolute atomic E-state index is 12.7. The molecule has 20 heavy (non-hydrogen) atoms. The predicted octanol–water partition coefficient (Wildman–Crippen LogP) is 2.93. The molecule has 1 aliphatic heterocycles. The van der Waals surface area contributed by atoms with Gasteiger partial charge in [-0.25, -0.2) is 0 Å². The summed E-state index contributed by atoms with van der Waals surface area (Å²) in [7, 11) is 0. The number of benzene rings is 1. The molecule has 0 bridgehead atoms. The highest BCUT2D eigenvalue weighted by Gasteiger charge is 2.35. The molecule has 0 aliphatic carbocycles. The molecule has 6 heteroatoms. The number of nitrogens with zero attached hydrogens (tertiary/aromatic N) is 1. The predicted molar refractivity (Wildman–Crippen MR) is 67.3 cm³/mol. The maximum atomic E-state index is 12.7. The topological polar surface area (TPSA) is 40.5 Å². The molecule has 1 atom stereocenters. The minimum absolute atomic E-state index is 0.0428. The number of halogens is 3. The van der Waals surface area contributed by atoms with Crippen LogP contribution in [0.15, 0.2) is 18.2 Å². The number of hydrogen-bond donors (Lipinski definition) is 1. The molecule has 1 N–H and O–H groups in total. The molecule has 0 unspecified atom stereocenters. The van der Waals surface area contributed by atoms with Crippen LogP contribution in [0.2, 0.25) is 0 Å². The molecule has 3 nitrogen and oxygen atoms in total. The van der Waals surface area contributed by atoms with E-state index in [4.69, 9.17) is 0 Å². The summed E-state index contributed by atoms with van der Waals surface area (Å²) in [6.07, 6.45) is -4.14. The van der Waals surface area contributed by atoms with Gasteiger partial charge < -0.3 is 5.11 Å². The Kier molecular flexibility index (Phi) is 3.77. The third-order valence-electron chi connectivity index (χ3n) is 3.65. The zero-order valence-electron chi connectivity index (χ0n) is 11.2. The van der Waals surface area contributed by atoms with E-state index in [0.29, 0.717) is 11.1 Å². The summed E-state index contributed by atoms with van der Waals surface area (Å²) in [6, 6.07) is 2.81. The van der Waals surface area contributed by atoms with Crippen LogP contribution in [-0.4, -0.2) is 28.1 Å².